The maximum atomic E-state index is 6.13. The van der Waals surface area contributed by atoms with Gasteiger partial charge in [-0.25, -0.2) is 0 Å². The summed E-state index contributed by atoms with van der Waals surface area (Å²) in [7, 11) is 0. The van der Waals surface area contributed by atoms with E-state index in [1.165, 1.54) is 19.3 Å². The van der Waals surface area contributed by atoms with Gasteiger partial charge in [0.25, 0.3) is 0 Å². The standard InChI is InChI=1S/C15H32N4/c1-5-9-10-15(6-2)13-17-14(16)19(15)12-11-18(7-3)8-4/h5-13H2,1-4H3,(H2,16,17). The Morgan fingerprint density at radius 2 is 1.95 bits per heavy atom. The monoisotopic (exact) mass is 268 g/mol. The molecule has 0 saturated carbocycles. The lowest BCUT2D eigenvalue weighted by Crippen LogP contribution is -2.53. The Morgan fingerprint density at radius 3 is 2.47 bits per heavy atom. The Morgan fingerprint density at radius 1 is 1.26 bits per heavy atom. The first-order valence-electron chi connectivity index (χ1n) is 7.93. The summed E-state index contributed by atoms with van der Waals surface area (Å²) in [4.78, 5) is 9.35. The minimum absolute atomic E-state index is 0.188. The zero-order valence-corrected chi connectivity index (χ0v) is 13.3. The predicted molar refractivity (Wildman–Crippen MR) is 83.5 cm³/mol. The highest BCUT2D eigenvalue weighted by Gasteiger charge is 2.39. The summed E-state index contributed by atoms with van der Waals surface area (Å²) in [5.41, 5.74) is 6.32. The van der Waals surface area contributed by atoms with E-state index in [2.05, 4.69) is 42.5 Å². The lowest BCUT2D eigenvalue weighted by molar-refractivity contribution is 0.153. The molecule has 112 valence electrons. The Bertz CT molecular complexity index is 286. The number of hydrogen-bond donors (Lipinski definition) is 1. The maximum absolute atomic E-state index is 6.13. The Hall–Kier alpha value is -0.770. The molecule has 2 N–H and O–H groups in total. The number of unbranched alkanes of at least 4 members (excludes halogenated alkanes) is 1. The minimum atomic E-state index is 0.188. The molecule has 0 aromatic rings. The Balaban J connectivity index is 2.66. The van der Waals surface area contributed by atoms with Gasteiger partial charge in [-0.2, -0.15) is 0 Å². The van der Waals surface area contributed by atoms with Crippen LogP contribution in [0.4, 0.5) is 0 Å². The SMILES string of the molecule is CCCCC1(CC)CN=C(N)N1CCN(CC)CC. The topological polar surface area (TPSA) is 44.9 Å². The molecule has 0 spiro atoms. The van der Waals surface area contributed by atoms with E-state index in [1.807, 2.05) is 0 Å². The third-order valence-electron chi connectivity index (χ3n) is 4.57. The number of nitrogens with zero attached hydrogens (tertiary/aromatic N) is 3. The fourth-order valence-corrected chi connectivity index (χ4v) is 2.97. The second-order valence-electron chi connectivity index (χ2n) is 5.53. The number of aliphatic imine (C=N–C) groups is 1. The van der Waals surface area contributed by atoms with Gasteiger partial charge in [0.1, 0.15) is 0 Å². The largest absolute Gasteiger partial charge is 0.370 e. The first kappa shape index (κ1) is 16.3. The summed E-state index contributed by atoms with van der Waals surface area (Å²) in [6.07, 6.45) is 4.85. The Kier molecular flexibility index (Phi) is 6.63. The molecule has 0 aromatic carbocycles. The fraction of sp³-hybridized carbons (Fsp3) is 0.933. The second kappa shape index (κ2) is 7.73. The summed E-state index contributed by atoms with van der Waals surface area (Å²) in [5.74, 6) is 0.755. The van der Waals surface area contributed by atoms with Gasteiger partial charge in [0.15, 0.2) is 5.96 Å². The number of guanidine groups is 1. The van der Waals surface area contributed by atoms with Crippen LogP contribution in [0, 0.1) is 0 Å². The smallest absolute Gasteiger partial charge is 0.191 e. The molecule has 0 bridgehead atoms. The maximum Gasteiger partial charge on any atom is 0.191 e. The van der Waals surface area contributed by atoms with E-state index >= 15 is 0 Å². The summed E-state index contributed by atoms with van der Waals surface area (Å²) in [6, 6.07) is 0. The fourth-order valence-electron chi connectivity index (χ4n) is 2.97. The van der Waals surface area contributed by atoms with Crippen LogP contribution in [0.1, 0.15) is 53.4 Å². The molecule has 1 unspecified atom stereocenters. The Labute approximate surface area is 119 Å². The normalized spacial score (nSPS) is 23.2. The first-order valence-corrected chi connectivity index (χ1v) is 7.93. The molecule has 0 radical (unpaired) electrons. The van der Waals surface area contributed by atoms with Gasteiger partial charge < -0.3 is 15.5 Å². The zero-order valence-electron chi connectivity index (χ0n) is 13.3. The van der Waals surface area contributed by atoms with Crippen molar-refractivity contribution < 1.29 is 0 Å². The van der Waals surface area contributed by atoms with Gasteiger partial charge in [-0.1, -0.05) is 40.5 Å². The zero-order chi connectivity index (χ0) is 14.3. The number of nitrogens with two attached hydrogens (primary N) is 1. The van der Waals surface area contributed by atoms with Crippen LogP contribution >= 0.6 is 0 Å². The van der Waals surface area contributed by atoms with Crippen molar-refractivity contribution in [1.29, 1.82) is 0 Å². The molecule has 1 heterocycles. The third kappa shape index (κ3) is 3.85. The van der Waals surface area contributed by atoms with Crippen LogP contribution < -0.4 is 5.73 Å². The molecule has 0 fully saturated rings. The highest BCUT2D eigenvalue weighted by atomic mass is 15.4. The number of rotatable bonds is 9. The van der Waals surface area contributed by atoms with Gasteiger partial charge in [-0.3, -0.25) is 4.99 Å². The van der Waals surface area contributed by atoms with E-state index in [9.17, 15) is 0 Å². The predicted octanol–water partition coefficient (Wildman–Crippen LogP) is 2.30. The van der Waals surface area contributed by atoms with Crippen LogP contribution in [0.5, 0.6) is 0 Å². The molecular formula is C15H32N4. The lowest BCUT2D eigenvalue weighted by Gasteiger charge is -2.40. The highest BCUT2D eigenvalue weighted by molar-refractivity contribution is 5.81. The van der Waals surface area contributed by atoms with Crippen LogP contribution in [0.2, 0.25) is 0 Å². The molecule has 0 amide bonds. The van der Waals surface area contributed by atoms with Crippen molar-refractivity contribution in [3.63, 3.8) is 0 Å². The summed E-state index contributed by atoms with van der Waals surface area (Å²) >= 11 is 0. The van der Waals surface area contributed by atoms with E-state index in [0.29, 0.717) is 0 Å². The molecule has 4 nitrogen and oxygen atoms in total. The summed E-state index contributed by atoms with van der Waals surface area (Å²) < 4.78 is 0. The van der Waals surface area contributed by atoms with Crippen molar-refractivity contribution in [3.8, 4) is 0 Å². The van der Waals surface area contributed by atoms with E-state index < -0.39 is 0 Å². The van der Waals surface area contributed by atoms with Gasteiger partial charge >= 0.3 is 0 Å². The average molecular weight is 268 g/mol. The van der Waals surface area contributed by atoms with E-state index in [1.54, 1.807) is 0 Å². The lowest BCUT2D eigenvalue weighted by atomic mass is 9.89. The molecule has 19 heavy (non-hydrogen) atoms. The van der Waals surface area contributed by atoms with Gasteiger partial charge in [0, 0.05) is 13.1 Å². The van der Waals surface area contributed by atoms with Crippen LogP contribution in [0.3, 0.4) is 0 Å². The quantitative estimate of drug-likeness (QED) is 0.698. The van der Waals surface area contributed by atoms with Crippen LogP contribution in [-0.2, 0) is 0 Å². The molecule has 1 aliphatic heterocycles. The van der Waals surface area contributed by atoms with Crippen molar-refractivity contribution in [2.24, 2.45) is 10.7 Å². The summed E-state index contributed by atoms with van der Waals surface area (Å²) in [5, 5.41) is 0. The first-order chi connectivity index (χ1) is 9.13. The van der Waals surface area contributed by atoms with Crippen molar-refractivity contribution >= 4 is 5.96 Å². The van der Waals surface area contributed by atoms with Crippen molar-refractivity contribution in [1.82, 2.24) is 9.80 Å². The highest BCUT2D eigenvalue weighted by Crippen LogP contribution is 2.30. The van der Waals surface area contributed by atoms with Gasteiger partial charge in [-0.05, 0) is 25.9 Å². The van der Waals surface area contributed by atoms with Gasteiger partial charge in [-0.15, -0.1) is 0 Å². The van der Waals surface area contributed by atoms with Crippen LogP contribution in [0.25, 0.3) is 0 Å². The third-order valence-corrected chi connectivity index (χ3v) is 4.57. The molecular weight excluding hydrogens is 236 g/mol. The van der Waals surface area contributed by atoms with Crippen LogP contribution in [0.15, 0.2) is 4.99 Å². The van der Waals surface area contributed by atoms with Gasteiger partial charge in [0.05, 0.1) is 12.1 Å². The molecule has 1 rings (SSSR count). The number of hydrogen-bond acceptors (Lipinski definition) is 4. The van der Waals surface area contributed by atoms with E-state index in [4.69, 9.17) is 5.73 Å². The molecule has 0 saturated heterocycles. The van der Waals surface area contributed by atoms with Gasteiger partial charge in [0.2, 0.25) is 0 Å². The van der Waals surface area contributed by atoms with Crippen LogP contribution in [-0.4, -0.2) is 54.0 Å². The summed E-state index contributed by atoms with van der Waals surface area (Å²) in [6.45, 7) is 14.1. The van der Waals surface area contributed by atoms with Crippen molar-refractivity contribution in [2.75, 3.05) is 32.7 Å². The van der Waals surface area contributed by atoms with Crippen molar-refractivity contribution in [2.45, 2.75) is 58.9 Å². The number of likely N-dealkylation sites (N-methyl/N-ethyl adjacent to an activating group) is 1. The van der Waals surface area contributed by atoms with Crippen molar-refractivity contribution in [3.05, 3.63) is 0 Å². The molecule has 1 atom stereocenters. The average Bonchev–Trinajstić information content (AvgIpc) is 2.75. The van der Waals surface area contributed by atoms with E-state index in [-0.39, 0.29) is 5.54 Å². The molecule has 4 heteroatoms. The molecule has 0 aliphatic carbocycles. The molecule has 1 aliphatic rings. The minimum Gasteiger partial charge on any atom is -0.370 e. The second-order valence-corrected chi connectivity index (χ2v) is 5.53. The van der Waals surface area contributed by atoms with E-state index in [0.717, 1.165) is 45.1 Å². The molecule has 0 aromatic heterocycles.